The van der Waals surface area contributed by atoms with Crippen LogP contribution in [-0.4, -0.2) is 42.6 Å². The summed E-state index contributed by atoms with van der Waals surface area (Å²) in [7, 11) is 2.78. The van der Waals surface area contributed by atoms with Gasteiger partial charge < -0.3 is 9.47 Å². The number of ether oxygens (including phenoxy) is 2. The van der Waals surface area contributed by atoms with E-state index >= 15 is 0 Å². The van der Waals surface area contributed by atoms with Crippen LogP contribution in [0.2, 0.25) is 0 Å². The highest BCUT2D eigenvalue weighted by atomic mass is 32.1. The third kappa shape index (κ3) is 6.23. The number of carbonyl (C=O) groups excluding carboxylic acids is 2. The molecule has 0 N–H and O–H groups in total. The van der Waals surface area contributed by atoms with Gasteiger partial charge in [-0.1, -0.05) is 49.4 Å². The second-order valence-electron chi connectivity index (χ2n) is 7.29. The smallest absolute Gasteiger partial charge is 0.337 e. The topological polar surface area (TPSA) is 68.7 Å². The van der Waals surface area contributed by atoms with Crippen LogP contribution in [0.1, 0.15) is 28.5 Å². The van der Waals surface area contributed by atoms with Gasteiger partial charge in [0.05, 0.1) is 31.4 Å². The number of rotatable bonds is 9. The van der Waals surface area contributed by atoms with E-state index in [4.69, 9.17) is 14.5 Å². The third-order valence-corrected chi connectivity index (χ3v) is 5.82. The number of hydrogen-bond acceptors (Lipinski definition) is 7. The Balaban J connectivity index is 1.74. The highest BCUT2D eigenvalue weighted by Crippen LogP contribution is 2.25. The molecule has 0 spiro atoms. The maximum Gasteiger partial charge on any atom is 0.337 e. The van der Waals surface area contributed by atoms with E-state index < -0.39 is 0 Å². The maximum atomic E-state index is 11.9. The number of hydrogen-bond donors (Lipinski definition) is 0. The highest BCUT2D eigenvalue weighted by molar-refractivity contribution is 7.13. The summed E-state index contributed by atoms with van der Waals surface area (Å²) in [5.41, 5.74) is 3.56. The maximum absolute atomic E-state index is 11.9. The van der Waals surface area contributed by atoms with E-state index in [-0.39, 0.29) is 17.9 Å². The molecule has 1 atom stereocenters. The van der Waals surface area contributed by atoms with Crippen LogP contribution < -0.4 is 0 Å². The van der Waals surface area contributed by atoms with Gasteiger partial charge in [0.1, 0.15) is 5.01 Å². The summed E-state index contributed by atoms with van der Waals surface area (Å²) in [6, 6.07) is 17.4. The Morgan fingerprint density at radius 3 is 2.35 bits per heavy atom. The SMILES string of the molecule is COC(=O)c1ccc(-c2nc(CN(Cc3ccccc3)CC(C)C(=O)OC)cs2)cc1. The van der Waals surface area contributed by atoms with E-state index in [0.29, 0.717) is 25.2 Å². The lowest BCUT2D eigenvalue weighted by Crippen LogP contribution is -2.31. The Morgan fingerprint density at radius 2 is 1.71 bits per heavy atom. The fourth-order valence-corrected chi connectivity index (χ4v) is 4.11. The van der Waals surface area contributed by atoms with E-state index in [9.17, 15) is 9.59 Å². The third-order valence-electron chi connectivity index (χ3n) is 4.87. The second kappa shape index (κ2) is 10.8. The van der Waals surface area contributed by atoms with E-state index in [0.717, 1.165) is 16.3 Å². The Bertz CT molecular complexity index is 1000. The van der Waals surface area contributed by atoms with Crippen molar-refractivity contribution in [2.75, 3.05) is 20.8 Å². The molecule has 0 saturated carbocycles. The van der Waals surface area contributed by atoms with Gasteiger partial charge in [0.15, 0.2) is 0 Å². The monoisotopic (exact) mass is 438 g/mol. The van der Waals surface area contributed by atoms with Crippen molar-refractivity contribution in [2.24, 2.45) is 5.92 Å². The van der Waals surface area contributed by atoms with Gasteiger partial charge in [0.25, 0.3) is 0 Å². The minimum Gasteiger partial charge on any atom is -0.469 e. The summed E-state index contributed by atoms with van der Waals surface area (Å²) in [6.07, 6.45) is 0. The number of esters is 2. The molecular weight excluding hydrogens is 412 g/mol. The molecule has 0 amide bonds. The average molecular weight is 439 g/mol. The van der Waals surface area contributed by atoms with Gasteiger partial charge in [-0.25, -0.2) is 9.78 Å². The van der Waals surface area contributed by atoms with Crippen molar-refractivity contribution in [1.82, 2.24) is 9.88 Å². The van der Waals surface area contributed by atoms with Gasteiger partial charge in [-0.2, -0.15) is 0 Å². The largest absolute Gasteiger partial charge is 0.469 e. The zero-order valence-corrected chi connectivity index (χ0v) is 18.7. The lowest BCUT2D eigenvalue weighted by molar-refractivity contribution is -0.145. The first-order chi connectivity index (χ1) is 15.0. The van der Waals surface area contributed by atoms with Crippen LogP contribution in [0.5, 0.6) is 0 Å². The summed E-state index contributed by atoms with van der Waals surface area (Å²) in [6.45, 7) is 3.78. The van der Waals surface area contributed by atoms with Crippen LogP contribution in [0.3, 0.4) is 0 Å². The van der Waals surface area contributed by atoms with E-state index in [2.05, 4.69) is 17.0 Å². The molecule has 1 heterocycles. The number of methoxy groups -OCH3 is 2. The molecule has 1 unspecified atom stereocenters. The summed E-state index contributed by atoms with van der Waals surface area (Å²) in [5.74, 6) is -0.817. The van der Waals surface area contributed by atoms with Gasteiger partial charge in [0, 0.05) is 30.6 Å². The normalized spacial score (nSPS) is 11.9. The fourth-order valence-electron chi connectivity index (χ4n) is 3.30. The summed E-state index contributed by atoms with van der Waals surface area (Å²) in [5, 5.41) is 2.91. The zero-order valence-electron chi connectivity index (χ0n) is 17.9. The molecule has 0 radical (unpaired) electrons. The summed E-state index contributed by atoms with van der Waals surface area (Å²) >= 11 is 1.56. The van der Waals surface area contributed by atoms with Crippen LogP contribution in [-0.2, 0) is 27.4 Å². The second-order valence-corrected chi connectivity index (χ2v) is 8.15. The molecule has 1 aromatic heterocycles. The van der Waals surface area contributed by atoms with Crippen molar-refractivity contribution in [3.63, 3.8) is 0 Å². The summed E-state index contributed by atoms with van der Waals surface area (Å²) < 4.78 is 9.64. The van der Waals surface area contributed by atoms with E-state index in [1.807, 2.05) is 42.6 Å². The first kappa shape index (κ1) is 22.7. The molecule has 6 nitrogen and oxygen atoms in total. The molecule has 3 aromatic rings. The highest BCUT2D eigenvalue weighted by Gasteiger charge is 2.19. The minimum atomic E-state index is -0.359. The molecule has 162 valence electrons. The predicted octanol–water partition coefficient (Wildman–Crippen LogP) is 4.41. The Labute approximate surface area is 186 Å². The fraction of sp³-hybridized carbons (Fsp3) is 0.292. The molecular formula is C24H26N2O4S. The lowest BCUT2D eigenvalue weighted by atomic mass is 10.1. The quantitative estimate of drug-likeness (QED) is 0.461. The van der Waals surface area contributed by atoms with Crippen molar-refractivity contribution >= 4 is 23.3 Å². The van der Waals surface area contributed by atoms with E-state index in [1.165, 1.54) is 19.8 Å². The summed E-state index contributed by atoms with van der Waals surface area (Å²) in [4.78, 5) is 30.5. The molecule has 0 aliphatic heterocycles. The molecule has 0 aliphatic rings. The molecule has 7 heteroatoms. The Kier molecular flexibility index (Phi) is 7.92. The van der Waals surface area contributed by atoms with Gasteiger partial charge in [-0.05, 0) is 17.7 Å². The molecule has 0 fully saturated rings. The first-order valence-corrected chi connectivity index (χ1v) is 10.9. The van der Waals surface area contributed by atoms with Crippen molar-refractivity contribution in [3.8, 4) is 10.6 Å². The van der Waals surface area contributed by atoms with Gasteiger partial charge >= 0.3 is 11.9 Å². The number of thiazole rings is 1. The molecule has 0 aliphatic carbocycles. The van der Waals surface area contributed by atoms with Crippen LogP contribution in [0.4, 0.5) is 0 Å². The van der Waals surface area contributed by atoms with Crippen molar-refractivity contribution in [1.29, 1.82) is 0 Å². The first-order valence-electron chi connectivity index (χ1n) is 9.97. The van der Waals surface area contributed by atoms with Crippen LogP contribution >= 0.6 is 11.3 Å². The molecule has 3 rings (SSSR count). The van der Waals surface area contributed by atoms with Crippen LogP contribution in [0.25, 0.3) is 10.6 Å². The number of aromatic nitrogens is 1. The average Bonchev–Trinajstić information content (AvgIpc) is 3.27. The van der Waals surface area contributed by atoms with Crippen molar-refractivity contribution < 1.29 is 19.1 Å². The predicted molar refractivity (Wildman–Crippen MR) is 121 cm³/mol. The molecule has 2 aromatic carbocycles. The van der Waals surface area contributed by atoms with E-state index in [1.54, 1.807) is 23.5 Å². The molecule has 0 bridgehead atoms. The van der Waals surface area contributed by atoms with Crippen LogP contribution in [0.15, 0.2) is 60.0 Å². The standard InChI is InChI=1S/C24H26N2O4S/c1-17(23(27)29-2)13-26(14-18-7-5-4-6-8-18)15-21-16-31-22(25-21)19-9-11-20(12-10-19)24(28)30-3/h4-12,16-17H,13-15H2,1-3H3. The van der Waals surface area contributed by atoms with Crippen molar-refractivity contribution in [3.05, 3.63) is 76.8 Å². The number of benzene rings is 2. The van der Waals surface area contributed by atoms with Gasteiger partial charge in [-0.15, -0.1) is 11.3 Å². The Hall–Kier alpha value is -3.03. The number of carbonyl (C=O) groups is 2. The van der Waals surface area contributed by atoms with Crippen LogP contribution in [0, 0.1) is 5.92 Å². The number of nitrogens with zero attached hydrogens (tertiary/aromatic N) is 2. The lowest BCUT2D eigenvalue weighted by Gasteiger charge is -2.24. The van der Waals surface area contributed by atoms with Crippen molar-refractivity contribution in [2.45, 2.75) is 20.0 Å². The van der Waals surface area contributed by atoms with Gasteiger partial charge in [-0.3, -0.25) is 9.69 Å². The Morgan fingerprint density at radius 1 is 1.00 bits per heavy atom. The molecule has 0 saturated heterocycles. The minimum absolute atomic E-state index is 0.220. The zero-order chi connectivity index (χ0) is 22.2. The van der Waals surface area contributed by atoms with Gasteiger partial charge in [0.2, 0.25) is 0 Å². The molecule has 31 heavy (non-hydrogen) atoms.